The van der Waals surface area contributed by atoms with Crippen molar-refractivity contribution in [1.82, 2.24) is 14.8 Å². The number of rotatable bonds is 1. The number of nitrogens with zero attached hydrogens (tertiary/aromatic N) is 2. The number of aromatic nitrogens is 3. The van der Waals surface area contributed by atoms with Gasteiger partial charge in [-0.15, -0.1) is 0 Å². The Morgan fingerprint density at radius 1 is 1.53 bits per heavy atom. The number of hydrogen-bond acceptors (Lipinski definition) is 2. The molecule has 1 N–H and O–H groups in total. The first-order valence-corrected chi connectivity index (χ1v) is 5.37. The third-order valence-electron chi connectivity index (χ3n) is 2.07. The van der Waals surface area contributed by atoms with Crippen molar-refractivity contribution >= 4 is 28.1 Å². The first-order chi connectivity index (χ1) is 7.11. The van der Waals surface area contributed by atoms with Crippen molar-refractivity contribution in [2.45, 2.75) is 0 Å². The van der Waals surface area contributed by atoms with Gasteiger partial charge in [-0.3, -0.25) is 5.10 Å². The zero-order chi connectivity index (χ0) is 11.0. The molecular formula is C9H7BrFN3S. The van der Waals surface area contributed by atoms with Crippen LogP contribution in [0.15, 0.2) is 22.7 Å². The highest BCUT2D eigenvalue weighted by atomic mass is 79.9. The third kappa shape index (κ3) is 1.74. The van der Waals surface area contributed by atoms with Gasteiger partial charge in [0.05, 0.1) is 5.56 Å². The van der Waals surface area contributed by atoms with Crippen molar-refractivity contribution in [3.8, 4) is 11.4 Å². The molecule has 0 saturated heterocycles. The van der Waals surface area contributed by atoms with Crippen LogP contribution in [-0.2, 0) is 7.05 Å². The summed E-state index contributed by atoms with van der Waals surface area (Å²) in [5.41, 5.74) is 0.410. The maximum absolute atomic E-state index is 13.6. The normalized spacial score (nSPS) is 10.6. The summed E-state index contributed by atoms with van der Waals surface area (Å²) in [5.74, 6) is 0.145. The lowest BCUT2D eigenvalue weighted by atomic mass is 10.2. The molecule has 1 aromatic carbocycles. The molecule has 1 heterocycles. The van der Waals surface area contributed by atoms with Crippen LogP contribution >= 0.6 is 28.1 Å². The topological polar surface area (TPSA) is 33.6 Å². The van der Waals surface area contributed by atoms with E-state index in [0.717, 1.165) is 0 Å². The van der Waals surface area contributed by atoms with E-state index in [1.54, 1.807) is 23.7 Å². The molecule has 0 amide bonds. The largest absolute Gasteiger partial charge is 0.303 e. The molecule has 6 heteroatoms. The molecule has 0 unspecified atom stereocenters. The molecule has 2 aromatic rings. The summed E-state index contributed by atoms with van der Waals surface area (Å²) in [7, 11) is 1.74. The Balaban J connectivity index is 2.74. The standard InChI is InChI=1S/C9H7BrFN3S/c1-14-8(12-13-9(14)15)7-5(10)3-2-4-6(7)11/h2-4H,1H3,(H,13,15). The predicted molar refractivity (Wildman–Crippen MR) is 61.5 cm³/mol. The van der Waals surface area contributed by atoms with Gasteiger partial charge in [0.25, 0.3) is 0 Å². The van der Waals surface area contributed by atoms with Crippen molar-refractivity contribution in [2.24, 2.45) is 7.05 Å². The van der Waals surface area contributed by atoms with E-state index in [2.05, 4.69) is 26.1 Å². The number of nitrogens with one attached hydrogen (secondary N) is 1. The molecule has 0 aliphatic carbocycles. The number of hydrogen-bond donors (Lipinski definition) is 1. The highest BCUT2D eigenvalue weighted by molar-refractivity contribution is 9.10. The van der Waals surface area contributed by atoms with Gasteiger partial charge in [-0.1, -0.05) is 6.07 Å². The fraction of sp³-hybridized carbons (Fsp3) is 0.111. The smallest absolute Gasteiger partial charge is 0.195 e. The Kier molecular flexibility index (Phi) is 2.70. The summed E-state index contributed by atoms with van der Waals surface area (Å²) < 4.78 is 16.3. The maximum atomic E-state index is 13.6. The predicted octanol–water partition coefficient (Wildman–Crippen LogP) is 3.05. The molecule has 0 aliphatic heterocycles. The molecule has 78 valence electrons. The fourth-order valence-electron chi connectivity index (χ4n) is 1.28. The second kappa shape index (κ2) is 3.86. The molecule has 0 saturated carbocycles. The molecule has 0 aliphatic rings. The quantitative estimate of drug-likeness (QED) is 0.818. The molecule has 0 atom stereocenters. The van der Waals surface area contributed by atoms with Crippen molar-refractivity contribution in [2.75, 3.05) is 0 Å². The Morgan fingerprint density at radius 3 is 2.80 bits per heavy atom. The first-order valence-electron chi connectivity index (χ1n) is 4.17. The minimum absolute atomic E-state index is 0.332. The molecule has 0 radical (unpaired) electrons. The molecule has 0 spiro atoms. The number of benzene rings is 1. The highest BCUT2D eigenvalue weighted by Crippen LogP contribution is 2.28. The van der Waals surface area contributed by atoms with E-state index in [0.29, 0.717) is 20.6 Å². The second-order valence-electron chi connectivity index (χ2n) is 3.01. The van der Waals surface area contributed by atoms with Crippen LogP contribution in [0.25, 0.3) is 11.4 Å². The van der Waals surface area contributed by atoms with E-state index in [4.69, 9.17) is 12.2 Å². The monoisotopic (exact) mass is 287 g/mol. The first kappa shape index (κ1) is 10.5. The average molecular weight is 288 g/mol. The van der Waals surface area contributed by atoms with Crippen LogP contribution in [-0.4, -0.2) is 14.8 Å². The van der Waals surface area contributed by atoms with Gasteiger partial charge in [-0.2, -0.15) is 5.10 Å². The Hall–Kier alpha value is -1.01. The summed E-state index contributed by atoms with van der Waals surface area (Å²) in [5, 5.41) is 6.60. The van der Waals surface area contributed by atoms with Gasteiger partial charge in [-0.25, -0.2) is 4.39 Å². The van der Waals surface area contributed by atoms with E-state index in [-0.39, 0.29) is 5.82 Å². The average Bonchev–Trinajstić information content (AvgIpc) is 2.49. The van der Waals surface area contributed by atoms with Gasteiger partial charge in [-0.05, 0) is 40.3 Å². The second-order valence-corrected chi connectivity index (χ2v) is 4.25. The van der Waals surface area contributed by atoms with Gasteiger partial charge >= 0.3 is 0 Å². The number of H-pyrrole nitrogens is 1. The highest BCUT2D eigenvalue weighted by Gasteiger charge is 2.14. The van der Waals surface area contributed by atoms with Crippen LogP contribution in [0.3, 0.4) is 0 Å². The Bertz CT molecular complexity index is 540. The Labute approximate surface area is 99.1 Å². The van der Waals surface area contributed by atoms with Crippen molar-refractivity contribution in [1.29, 1.82) is 0 Å². The molecule has 15 heavy (non-hydrogen) atoms. The number of halogens is 2. The maximum Gasteiger partial charge on any atom is 0.195 e. The summed E-state index contributed by atoms with van der Waals surface area (Å²) in [6.45, 7) is 0. The van der Waals surface area contributed by atoms with E-state index in [9.17, 15) is 4.39 Å². The number of aromatic amines is 1. The van der Waals surface area contributed by atoms with Gasteiger partial charge in [0.1, 0.15) is 5.82 Å². The van der Waals surface area contributed by atoms with Crippen molar-refractivity contribution in [3.63, 3.8) is 0 Å². The molecule has 0 fully saturated rings. The van der Waals surface area contributed by atoms with Crippen LogP contribution < -0.4 is 0 Å². The van der Waals surface area contributed by atoms with Gasteiger partial charge in [0.2, 0.25) is 0 Å². The zero-order valence-corrected chi connectivity index (χ0v) is 10.2. The lowest BCUT2D eigenvalue weighted by Gasteiger charge is -2.04. The van der Waals surface area contributed by atoms with Crippen LogP contribution in [0, 0.1) is 10.6 Å². The van der Waals surface area contributed by atoms with Crippen LogP contribution in [0.4, 0.5) is 4.39 Å². The summed E-state index contributed by atoms with van der Waals surface area (Å²) >= 11 is 8.25. The summed E-state index contributed by atoms with van der Waals surface area (Å²) in [4.78, 5) is 0. The lowest BCUT2D eigenvalue weighted by Crippen LogP contribution is -1.96. The van der Waals surface area contributed by atoms with E-state index < -0.39 is 0 Å². The van der Waals surface area contributed by atoms with Crippen LogP contribution in [0.5, 0.6) is 0 Å². The van der Waals surface area contributed by atoms with Gasteiger partial charge < -0.3 is 4.57 Å². The zero-order valence-electron chi connectivity index (χ0n) is 7.79. The Morgan fingerprint density at radius 2 is 2.27 bits per heavy atom. The van der Waals surface area contributed by atoms with Gasteiger partial charge in [0.15, 0.2) is 10.6 Å². The molecule has 3 nitrogen and oxygen atoms in total. The summed E-state index contributed by atoms with van der Waals surface area (Å²) in [6, 6.07) is 4.78. The molecular weight excluding hydrogens is 281 g/mol. The van der Waals surface area contributed by atoms with E-state index >= 15 is 0 Å². The fourth-order valence-corrected chi connectivity index (χ4v) is 1.93. The minimum Gasteiger partial charge on any atom is -0.303 e. The summed E-state index contributed by atoms with van der Waals surface area (Å²) in [6.07, 6.45) is 0. The van der Waals surface area contributed by atoms with Gasteiger partial charge in [0, 0.05) is 11.5 Å². The SMILES string of the molecule is Cn1c(-c2c(F)cccc2Br)n[nH]c1=S. The van der Waals surface area contributed by atoms with E-state index in [1.807, 2.05) is 0 Å². The lowest BCUT2D eigenvalue weighted by molar-refractivity contribution is 0.628. The third-order valence-corrected chi connectivity index (χ3v) is 3.09. The minimum atomic E-state index is -0.332. The molecule has 2 rings (SSSR count). The molecule has 0 bridgehead atoms. The van der Waals surface area contributed by atoms with E-state index in [1.165, 1.54) is 6.07 Å². The van der Waals surface area contributed by atoms with Crippen molar-refractivity contribution < 1.29 is 4.39 Å². The van der Waals surface area contributed by atoms with Crippen LogP contribution in [0.1, 0.15) is 0 Å². The van der Waals surface area contributed by atoms with Crippen LogP contribution in [0.2, 0.25) is 0 Å². The molecule has 1 aromatic heterocycles. The van der Waals surface area contributed by atoms with Crippen molar-refractivity contribution in [3.05, 3.63) is 33.3 Å².